The molecule has 0 radical (unpaired) electrons. The Labute approximate surface area is 127 Å². The zero-order valence-electron chi connectivity index (χ0n) is 12.6. The van der Waals surface area contributed by atoms with Crippen LogP contribution < -0.4 is 15.8 Å². The highest BCUT2D eigenvalue weighted by molar-refractivity contribution is 5.94. The molecule has 0 atom stereocenters. The second kappa shape index (κ2) is 8.67. The van der Waals surface area contributed by atoms with Crippen molar-refractivity contribution in [1.29, 1.82) is 0 Å². The third-order valence-electron chi connectivity index (χ3n) is 3.99. The zero-order chi connectivity index (χ0) is 14.9. The number of amides is 1. The van der Waals surface area contributed by atoms with Gasteiger partial charge < -0.3 is 15.8 Å². The number of hydrogen-bond acceptors (Lipinski definition) is 3. The molecule has 1 aliphatic rings. The lowest BCUT2D eigenvalue weighted by Crippen LogP contribution is -2.25. The molecule has 1 saturated carbocycles. The maximum absolute atomic E-state index is 11.8. The van der Waals surface area contributed by atoms with E-state index in [2.05, 4.69) is 5.32 Å². The first-order valence-electron chi connectivity index (χ1n) is 8.00. The molecule has 1 aromatic carbocycles. The largest absolute Gasteiger partial charge is 0.493 e. The summed E-state index contributed by atoms with van der Waals surface area (Å²) in [5.41, 5.74) is 6.06. The highest BCUT2D eigenvalue weighted by atomic mass is 16.5. The molecule has 0 aromatic heterocycles. The summed E-state index contributed by atoms with van der Waals surface area (Å²) in [6, 6.07) is 7.38. The minimum absolute atomic E-state index is 0.0534. The standard InChI is InChI=1S/C17H26N2O2/c18-11-4-12-19-17(20)15-7-9-16(10-8-15)21-13-14-5-2-1-3-6-14/h7-10,14H,1-6,11-13,18H2,(H,19,20). The van der Waals surface area contributed by atoms with Crippen molar-refractivity contribution < 1.29 is 9.53 Å². The predicted molar refractivity (Wildman–Crippen MR) is 84.5 cm³/mol. The molecule has 0 spiro atoms. The summed E-state index contributed by atoms with van der Waals surface area (Å²) in [6.45, 7) is 2.01. The van der Waals surface area contributed by atoms with Crippen molar-refractivity contribution in [2.45, 2.75) is 38.5 Å². The van der Waals surface area contributed by atoms with Crippen LogP contribution in [0, 0.1) is 5.92 Å². The van der Waals surface area contributed by atoms with Gasteiger partial charge in [0, 0.05) is 12.1 Å². The molecule has 4 nitrogen and oxygen atoms in total. The fraction of sp³-hybridized carbons (Fsp3) is 0.588. The van der Waals surface area contributed by atoms with Crippen LogP contribution in [0.5, 0.6) is 5.75 Å². The average molecular weight is 290 g/mol. The molecular formula is C17H26N2O2. The van der Waals surface area contributed by atoms with E-state index in [0.717, 1.165) is 18.8 Å². The van der Waals surface area contributed by atoms with Gasteiger partial charge >= 0.3 is 0 Å². The molecule has 0 saturated heterocycles. The van der Waals surface area contributed by atoms with Gasteiger partial charge in [0.25, 0.3) is 5.91 Å². The van der Waals surface area contributed by atoms with Gasteiger partial charge in [0.05, 0.1) is 6.61 Å². The molecule has 3 N–H and O–H groups in total. The normalized spacial score (nSPS) is 15.7. The first-order valence-corrected chi connectivity index (χ1v) is 8.00. The first kappa shape index (κ1) is 15.8. The van der Waals surface area contributed by atoms with Crippen molar-refractivity contribution in [3.05, 3.63) is 29.8 Å². The zero-order valence-corrected chi connectivity index (χ0v) is 12.6. The smallest absolute Gasteiger partial charge is 0.251 e. The third kappa shape index (κ3) is 5.38. The van der Waals surface area contributed by atoms with E-state index in [1.807, 2.05) is 24.3 Å². The Morgan fingerprint density at radius 3 is 2.57 bits per heavy atom. The highest BCUT2D eigenvalue weighted by Crippen LogP contribution is 2.24. The van der Waals surface area contributed by atoms with Crippen LogP contribution in [0.1, 0.15) is 48.9 Å². The molecule has 0 heterocycles. The third-order valence-corrected chi connectivity index (χ3v) is 3.99. The van der Waals surface area contributed by atoms with Gasteiger partial charge in [0.2, 0.25) is 0 Å². The van der Waals surface area contributed by atoms with Gasteiger partial charge in [-0.25, -0.2) is 0 Å². The van der Waals surface area contributed by atoms with Crippen LogP contribution in [0.2, 0.25) is 0 Å². The summed E-state index contributed by atoms with van der Waals surface area (Å²) in [6.07, 6.45) is 7.38. The summed E-state index contributed by atoms with van der Waals surface area (Å²) in [7, 11) is 0. The molecule has 0 unspecified atom stereocenters. The van der Waals surface area contributed by atoms with Crippen molar-refractivity contribution in [1.82, 2.24) is 5.32 Å². The molecule has 0 aliphatic heterocycles. The molecule has 21 heavy (non-hydrogen) atoms. The SMILES string of the molecule is NCCCNC(=O)c1ccc(OCC2CCCCC2)cc1. The van der Waals surface area contributed by atoms with E-state index in [9.17, 15) is 4.79 Å². The summed E-state index contributed by atoms with van der Waals surface area (Å²) in [4.78, 5) is 11.8. The number of hydrogen-bond donors (Lipinski definition) is 2. The lowest BCUT2D eigenvalue weighted by Gasteiger charge is -2.21. The lowest BCUT2D eigenvalue weighted by atomic mass is 9.90. The van der Waals surface area contributed by atoms with Crippen molar-refractivity contribution in [2.75, 3.05) is 19.7 Å². The lowest BCUT2D eigenvalue weighted by molar-refractivity contribution is 0.0953. The van der Waals surface area contributed by atoms with Gasteiger partial charge in [-0.05, 0) is 56.0 Å². The quantitative estimate of drug-likeness (QED) is 0.759. The van der Waals surface area contributed by atoms with Crippen molar-refractivity contribution in [3.8, 4) is 5.75 Å². The van der Waals surface area contributed by atoms with Gasteiger partial charge in [-0.1, -0.05) is 19.3 Å². The molecule has 1 aromatic rings. The van der Waals surface area contributed by atoms with Gasteiger partial charge in [-0.2, -0.15) is 0 Å². The van der Waals surface area contributed by atoms with E-state index in [-0.39, 0.29) is 5.91 Å². The Kier molecular flexibility index (Phi) is 6.54. The number of nitrogens with one attached hydrogen (secondary N) is 1. The van der Waals surface area contributed by atoms with E-state index < -0.39 is 0 Å². The fourth-order valence-corrected chi connectivity index (χ4v) is 2.68. The van der Waals surface area contributed by atoms with Crippen LogP contribution in [-0.4, -0.2) is 25.6 Å². The molecular weight excluding hydrogens is 264 g/mol. The van der Waals surface area contributed by atoms with Gasteiger partial charge in [0.1, 0.15) is 5.75 Å². The van der Waals surface area contributed by atoms with E-state index in [0.29, 0.717) is 24.6 Å². The summed E-state index contributed by atoms with van der Waals surface area (Å²) in [5, 5.41) is 2.84. The molecule has 116 valence electrons. The van der Waals surface area contributed by atoms with Crippen molar-refractivity contribution in [3.63, 3.8) is 0 Å². The van der Waals surface area contributed by atoms with E-state index in [4.69, 9.17) is 10.5 Å². The van der Waals surface area contributed by atoms with Crippen LogP contribution in [0.4, 0.5) is 0 Å². The Hall–Kier alpha value is -1.55. The fourth-order valence-electron chi connectivity index (χ4n) is 2.68. The van der Waals surface area contributed by atoms with Crippen molar-refractivity contribution >= 4 is 5.91 Å². The van der Waals surface area contributed by atoms with Gasteiger partial charge in [-0.3, -0.25) is 4.79 Å². The molecule has 1 amide bonds. The molecule has 0 bridgehead atoms. The number of carbonyl (C=O) groups is 1. The van der Waals surface area contributed by atoms with Gasteiger partial charge in [-0.15, -0.1) is 0 Å². The summed E-state index contributed by atoms with van der Waals surface area (Å²) in [5.74, 6) is 1.49. The molecule has 4 heteroatoms. The van der Waals surface area contributed by atoms with Crippen molar-refractivity contribution in [2.24, 2.45) is 11.7 Å². The van der Waals surface area contributed by atoms with Crippen LogP contribution in [0.25, 0.3) is 0 Å². The number of nitrogens with two attached hydrogens (primary N) is 1. The average Bonchev–Trinajstić information content (AvgIpc) is 2.54. The van der Waals surface area contributed by atoms with E-state index in [1.54, 1.807) is 0 Å². The maximum Gasteiger partial charge on any atom is 0.251 e. The maximum atomic E-state index is 11.8. The Balaban J connectivity index is 1.76. The second-order valence-corrected chi connectivity index (χ2v) is 5.74. The monoisotopic (exact) mass is 290 g/mol. The first-order chi connectivity index (χ1) is 10.3. The number of rotatable bonds is 7. The van der Waals surface area contributed by atoms with Crippen LogP contribution in [-0.2, 0) is 0 Å². The molecule has 1 aliphatic carbocycles. The predicted octanol–water partition coefficient (Wildman–Crippen LogP) is 2.72. The topological polar surface area (TPSA) is 64.3 Å². The number of carbonyl (C=O) groups excluding carboxylic acids is 1. The molecule has 1 fully saturated rings. The van der Waals surface area contributed by atoms with Gasteiger partial charge in [0.15, 0.2) is 0 Å². The minimum Gasteiger partial charge on any atom is -0.493 e. The van der Waals surface area contributed by atoms with Crippen LogP contribution >= 0.6 is 0 Å². The van der Waals surface area contributed by atoms with E-state index in [1.165, 1.54) is 32.1 Å². The summed E-state index contributed by atoms with van der Waals surface area (Å²) >= 11 is 0. The van der Waals surface area contributed by atoms with Crippen LogP contribution in [0.3, 0.4) is 0 Å². The number of benzene rings is 1. The summed E-state index contributed by atoms with van der Waals surface area (Å²) < 4.78 is 5.83. The number of ether oxygens (including phenoxy) is 1. The Morgan fingerprint density at radius 2 is 1.90 bits per heavy atom. The highest BCUT2D eigenvalue weighted by Gasteiger charge is 2.14. The second-order valence-electron chi connectivity index (χ2n) is 5.74. The minimum atomic E-state index is -0.0534. The Bertz CT molecular complexity index is 425. The van der Waals surface area contributed by atoms with Crippen LogP contribution in [0.15, 0.2) is 24.3 Å². The Morgan fingerprint density at radius 1 is 1.19 bits per heavy atom. The van der Waals surface area contributed by atoms with E-state index >= 15 is 0 Å². The molecule has 2 rings (SSSR count).